The van der Waals surface area contributed by atoms with Gasteiger partial charge in [-0.2, -0.15) is 0 Å². The highest BCUT2D eigenvalue weighted by Gasteiger charge is 2.44. The minimum Gasteiger partial charge on any atom is -0.327 e. The molecular formula is C22H12N4O4. The fourth-order valence-corrected chi connectivity index (χ4v) is 4.38. The summed E-state index contributed by atoms with van der Waals surface area (Å²) in [5.41, 5.74) is 3.43. The van der Waals surface area contributed by atoms with Crippen LogP contribution in [0.4, 0.5) is 17.1 Å². The second-order valence-electron chi connectivity index (χ2n) is 7.26. The van der Waals surface area contributed by atoms with Crippen molar-refractivity contribution >= 4 is 46.4 Å². The van der Waals surface area contributed by atoms with Crippen LogP contribution in [0.3, 0.4) is 0 Å². The molecule has 2 N–H and O–H groups in total. The summed E-state index contributed by atoms with van der Waals surface area (Å²) < 4.78 is 0. The molecular weight excluding hydrogens is 384 g/mol. The SMILES string of the molecule is O=C1NC(=O)C2=C1C=CC1=Nc3cccc(c3)N(c3cccc4c3C(=O)NC4=O)C12. The van der Waals surface area contributed by atoms with Crippen LogP contribution in [-0.2, 0) is 9.59 Å². The lowest BCUT2D eigenvalue weighted by Crippen LogP contribution is -2.43. The number of carbonyl (C=O) groups excluding carboxylic acids is 4. The van der Waals surface area contributed by atoms with Crippen molar-refractivity contribution in [3.05, 3.63) is 76.9 Å². The van der Waals surface area contributed by atoms with Gasteiger partial charge in [0.25, 0.3) is 23.6 Å². The number of nitrogens with one attached hydrogen (secondary N) is 2. The topological polar surface area (TPSA) is 108 Å². The van der Waals surface area contributed by atoms with Gasteiger partial charge in [0.15, 0.2) is 0 Å². The van der Waals surface area contributed by atoms with E-state index in [1.807, 2.05) is 24.3 Å². The molecule has 6 rings (SSSR count). The van der Waals surface area contributed by atoms with Gasteiger partial charge in [-0.3, -0.25) is 34.8 Å². The van der Waals surface area contributed by atoms with Crippen molar-refractivity contribution in [3.8, 4) is 0 Å². The van der Waals surface area contributed by atoms with Gasteiger partial charge in [-0.05, 0) is 42.5 Å². The van der Waals surface area contributed by atoms with E-state index in [4.69, 9.17) is 0 Å². The summed E-state index contributed by atoms with van der Waals surface area (Å²) in [6.07, 6.45) is 3.29. The van der Waals surface area contributed by atoms with E-state index in [-0.39, 0.29) is 22.3 Å². The average molecular weight is 396 g/mol. The van der Waals surface area contributed by atoms with Gasteiger partial charge in [0.05, 0.1) is 39.4 Å². The third-order valence-corrected chi connectivity index (χ3v) is 5.61. The minimum atomic E-state index is -0.730. The van der Waals surface area contributed by atoms with Crippen LogP contribution in [0, 0.1) is 0 Å². The van der Waals surface area contributed by atoms with Gasteiger partial charge in [-0.15, -0.1) is 0 Å². The van der Waals surface area contributed by atoms with E-state index in [9.17, 15) is 19.2 Å². The van der Waals surface area contributed by atoms with Crippen LogP contribution in [0.5, 0.6) is 0 Å². The van der Waals surface area contributed by atoms with Crippen molar-refractivity contribution in [2.45, 2.75) is 6.04 Å². The molecule has 2 aromatic rings. The number of amides is 4. The average Bonchev–Trinajstić information content (AvgIpc) is 3.15. The highest BCUT2D eigenvalue weighted by atomic mass is 16.2. The van der Waals surface area contributed by atoms with Crippen LogP contribution in [0.15, 0.2) is 70.8 Å². The Labute approximate surface area is 169 Å². The third kappa shape index (κ3) is 2.07. The van der Waals surface area contributed by atoms with Gasteiger partial charge in [0, 0.05) is 5.69 Å². The van der Waals surface area contributed by atoms with E-state index >= 15 is 0 Å². The van der Waals surface area contributed by atoms with Crippen LogP contribution in [0.2, 0.25) is 0 Å². The molecule has 1 aliphatic carbocycles. The van der Waals surface area contributed by atoms with Crippen LogP contribution in [0.25, 0.3) is 0 Å². The molecule has 2 bridgehead atoms. The lowest BCUT2D eigenvalue weighted by atomic mass is 9.90. The number of hydrogen-bond acceptors (Lipinski definition) is 6. The first-order valence-corrected chi connectivity index (χ1v) is 9.27. The molecule has 0 saturated carbocycles. The number of rotatable bonds is 1. The highest BCUT2D eigenvalue weighted by molar-refractivity contribution is 6.29. The summed E-state index contributed by atoms with van der Waals surface area (Å²) in [6.45, 7) is 0. The molecule has 0 radical (unpaired) electrons. The molecule has 0 fully saturated rings. The molecule has 1 atom stereocenters. The van der Waals surface area contributed by atoms with E-state index < -0.39 is 29.7 Å². The molecule has 0 aromatic heterocycles. The van der Waals surface area contributed by atoms with Crippen molar-refractivity contribution in [1.29, 1.82) is 0 Å². The van der Waals surface area contributed by atoms with Gasteiger partial charge < -0.3 is 4.90 Å². The second-order valence-corrected chi connectivity index (χ2v) is 7.26. The monoisotopic (exact) mass is 396 g/mol. The number of fused-ring (bicyclic) bond motifs is 5. The lowest BCUT2D eigenvalue weighted by molar-refractivity contribution is -0.124. The summed E-state index contributed by atoms with van der Waals surface area (Å²) in [7, 11) is 0. The van der Waals surface area contributed by atoms with Crippen molar-refractivity contribution in [3.63, 3.8) is 0 Å². The molecule has 0 spiro atoms. The Morgan fingerprint density at radius 3 is 2.50 bits per heavy atom. The maximum Gasteiger partial charge on any atom is 0.261 e. The van der Waals surface area contributed by atoms with Crippen LogP contribution in [-0.4, -0.2) is 35.4 Å². The Hall–Kier alpha value is -4.33. The van der Waals surface area contributed by atoms with Gasteiger partial charge in [0.2, 0.25) is 0 Å². The Bertz CT molecular complexity index is 1330. The summed E-state index contributed by atoms with van der Waals surface area (Å²) >= 11 is 0. The molecule has 0 saturated heterocycles. The molecule has 144 valence electrons. The van der Waals surface area contributed by atoms with Crippen molar-refractivity contribution in [1.82, 2.24) is 10.6 Å². The Morgan fingerprint density at radius 1 is 0.833 bits per heavy atom. The van der Waals surface area contributed by atoms with Crippen molar-refractivity contribution < 1.29 is 19.2 Å². The number of anilines is 2. The zero-order valence-corrected chi connectivity index (χ0v) is 15.3. The van der Waals surface area contributed by atoms with E-state index in [0.717, 1.165) is 0 Å². The molecule has 2 aromatic carbocycles. The minimum absolute atomic E-state index is 0.232. The highest BCUT2D eigenvalue weighted by Crippen LogP contribution is 2.42. The van der Waals surface area contributed by atoms with Crippen LogP contribution in [0.1, 0.15) is 20.7 Å². The van der Waals surface area contributed by atoms with Crippen molar-refractivity contribution in [2.24, 2.45) is 4.99 Å². The first-order valence-electron chi connectivity index (χ1n) is 9.27. The Kier molecular flexibility index (Phi) is 3.10. The predicted octanol–water partition coefficient (Wildman–Crippen LogP) is 1.69. The van der Waals surface area contributed by atoms with Gasteiger partial charge >= 0.3 is 0 Å². The number of imide groups is 2. The first-order chi connectivity index (χ1) is 14.5. The fraction of sp³-hybridized carbons (Fsp3) is 0.0455. The Morgan fingerprint density at radius 2 is 1.63 bits per heavy atom. The maximum atomic E-state index is 12.7. The van der Waals surface area contributed by atoms with E-state index in [0.29, 0.717) is 22.8 Å². The largest absolute Gasteiger partial charge is 0.327 e. The lowest BCUT2D eigenvalue weighted by Gasteiger charge is -2.35. The molecule has 3 heterocycles. The van der Waals surface area contributed by atoms with E-state index in [2.05, 4.69) is 15.6 Å². The Balaban J connectivity index is 1.67. The normalized spacial score (nSPS) is 21.0. The summed E-state index contributed by atoms with van der Waals surface area (Å²) in [4.78, 5) is 56.3. The third-order valence-electron chi connectivity index (χ3n) is 5.61. The van der Waals surface area contributed by atoms with Crippen LogP contribution < -0.4 is 15.5 Å². The zero-order valence-electron chi connectivity index (χ0n) is 15.3. The number of hydrogen-bond donors (Lipinski definition) is 2. The first kappa shape index (κ1) is 16.6. The molecule has 4 aliphatic rings. The number of carbonyl (C=O) groups is 4. The summed E-state index contributed by atoms with van der Waals surface area (Å²) in [5, 5.41) is 4.67. The van der Waals surface area contributed by atoms with Gasteiger partial charge in [0.1, 0.15) is 6.04 Å². The fourth-order valence-electron chi connectivity index (χ4n) is 4.38. The summed E-state index contributed by atoms with van der Waals surface area (Å²) in [6, 6.07) is 11.6. The predicted molar refractivity (Wildman–Crippen MR) is 107 cm³/mol. The molecule has 1 unspecified atom stereocenters. The standard InChI is InChI=1S/C22H12N4O4/c27-19-12-5-2-6-15(16(12)21(29)24-19)26-11-4-1-3-10(9-11)23-14-8-7-13-17(18(14)26)22(30)25-20(13)28/h1-9,18H,(H,24,27,29)(H,25,28,30). The summed E-state index contributed by atoms with van der Waals surface area (Å²) in [5.74, 6) is -1.93. The second kappa shape index (κ2) is 5.60. The smallest absolute Gasteiger partial charge is 0.261 e. The van der Waals surface area contributed by atoms with Crippen molar-refractivity contribution in [2.75, 3.05) is 4.90 Å². The number of aliphatic imine (C=N–C) groups is 1. The molecule has 3 aliphatic heterocycles. The molecule has 4 amide bonds. The van der Waals surface area contributed by atoms with Crippen LogP contribution >= 0.6 is 0 Å². The van der Waals surface area contributed by atoms with E-state index in [1.54, 1.807) is 35.3 Å². The molecule has 8 nitrogen and oxygen atoms in total. The maximum absolute atomic E-state index is 12.7. The number of nitrogens with zero attached hydrogens (tertiary/aromatic N) is 2. The van der Waals surface area contributed by atoms with E-state index in [1.165, 1.54) is 0 Å². The molecule has 30 heavy (non-hydrogen) atoms. The quantitative estimate of drug-likeness (QED) is 0.713. The van der Waals surface area contributed by atoms with Gasteiger partial charge in [-0.1, -0.05) is 12.1 Å². The molecule has 8 heteroatoms. The zero-order chi connectivity index (χ0) is 20.6. The number of benzene rings is 2. The van der Waals surface area contributed by atoms with Gasteiger partial charge in [-0.25, -0.2) is 0 Å².